The predicted molar refractivity (Wildman–Crippen MR) is 71.8 cm³/mol. The van der Waals surface area contributed by atoms with Gasteiger partial charge in [-0.15, -0.1) is 0 Å². The molecular formula is C10H28N2Si2. The van der Waals surface area contributed by atoms with E-state index in [9.17, 15) is 0 Å². The summed E-state index contributed by atoms with van der Waals surface area (Å²) in [4.78, 5) is 0. The van der Waals surface area contributed by atoms with Crippen molar-refractivity contribution < 1.29 is 0 Å². The summed E-state index contributed by atoms with van der Waals surface area (Å²) in [5.41, 5.74) is 0. The zero-order valence-electron chi connectivity index (χ0n) is 11.0. The summed E-state index contributed by atoms with van der Waals surface area (Å²) >= 11 is 0. The van der Waals surface area contributed by atoms with Gasteiger partial charge in [0.05, 0.1) is 8.96 Å². The minimum absolute atomic E-state index is 0.632. The van der Waals surface area contributed by atoms with Gasteiger partial charge < -0.3 is 8.80 Å². The van der Waals surface area contributed by atoms with Crippen LogP contribution in [0.1, 0.15) is 27.7 Å². The maximum absolute atomic E-state index is 2.84. The zero-order chi connectivity index (χ0) is 11.3. The molecular weight excluding hydrogens is 204 g/mol. The van der Waals surface area contributed by atoms with Crippen LogP contribution in [0.3, 0.4) is 0 Å². The molecule has 0 amide bonds. The summed E-state index contributed by atoms with van der Waals surface area (Å²) in [6.45, 7) is 19.1. The van der Waals surface area contributed by atoms with Crippen LogP contribution in [-0.2, 0) is 0 Å². The molecule has 0 rings (SSSR count). The third-order valence-electron chi connectivity index (χ3n) is 2.96. The van der Waals surface area contributed by atoms with Gasteiger partial charge in [-0.25, -0.2) is 0 Å². The molecule has 0 heterocycles. The predicted octanol–water partition coefficient (Wildman–Crippen LogP) is 1.87. The molecule has 86 valence electrons. The molecule has 0 aliphatic rings. The van der Waals surface area contributed by atoms with Crippen LogP contribution < -0.4 is 0 Å². The van der Waals surface area contributed by atoms with Crippen LogP contribution in [0.2, 0.25) is 19.6 Å². The van der Waals surface area contributed by atoms with Crippen molar-refractivity contribution in [2.45, 2.75) is 53.4 Å². The highest BCUT2D eigenvalue weighted by molar-refractivity contribution is 6.69. The van der Waals surface area contributed by atoms with E-state index in [0.717, 1.165) is 6.04 Å². The summed E-state index contributed by atoms with van der Waals surface area (Å²) in [6, 6.07) is 0.740. The average Bonchev–Trinajstić information content (AvgIpc) is 2.04. The number of hydrogen-bond donors (Lipinski definition) is 0. The first kappa shape index (κ1) is 14.4. The van der Waals surface area contributed by atoms with Gasteiger partial charge in [-0.2, -0.15) is 0 Å². The molecule has 0 aromatic carbocycles. The fourth-order valence-corrected chi connectivity index (χ4v) is 9.91. The first-order valence-electron chi connectivity index (χ1n) is 5.97. The molecule has 14 heavy (non-hydrogen) atoms. The molecule has 0 aromatic rings. The Bertz CT molecular complexity index is 139. The Labute approximate surface area is 93.7 Å². The Morgan fingerprint density at radius 3 is 1.64 bits per heavy atom. The Balaban J connectivity index is 4.49. The third kappa shape index (κ3) is 3.84. The van der Waals surface area contributed by atoms with E-state index >= 15 is 0 Å². The first-order chi connectivity index (χ1) is 6.45. The molecule has 0 spiro atoms. The van der Waals surface area contributed by atoms with Crippen molar-refractivity contribution in [1.82, 2.24) is 8.80 Å². The fraction of sp³-hybridized carbons (Fsp3) is 1.00. The molecule has 2 nitrogen and oxygen atoms in total. The lowest BCUT2D eigenvalue weighted by Gasteiger charge is -2.40. The molecule has 0 aromatic heterocycles. The van der Waals surface area contributed by atoms with Crippen molar-refractivity contribution in [2.75, 3.05) is 13.1 Å². The second-order valence-electron chi connectivity index (χ2n) is 4.49. The molecule has 0 N–H and O–H groups in total. The van der Waals surface area contributed by atoms with E-state index in [2.05, 4.69) is 56.1 Å². The summed E-state index contributed by atoms with van der Waals surface area (Å²) in [6.07, 6.45) is 0. The Morgan fingerprint density at radius 2 is 1.43 bits per heavy atom. The normalized spacial score (nSPS) is 14.8. The molecule has 0 radical (unpaired) electrons. The van der Waals surface area contributed by atoms with E-state index in [1.54, 1.807) is 0 Å². The van der Waals surface area contributed by atoms with Crippen LogP contribution >= 0.6 is 0 Å². The molecule has 0 saturated heterocycles. The van der Waals surface area contributed by atoms with Crippen LogP contribution in [0, 0.1) is 0 Å². The van der Waals surface area contributed by atoms with E-state index in [1.807, 2.05) is 0 Å². The second-order valence-corrected chi connectivity index (χ2v) is 10.5. The monoisotopic (exact) mass is 232 g/mol. The quantitative estimate of drug-likeness (QED) is 0.645. The number of nitrogens with zero attached hydrogens (tertiary/aromatic N) is 2. The first-order valence-corrected chi connectivity index (χ1v) is 11.0. The van der Waals surface area contributed by atoms with Gasteiger partial charge in [-0.05, 0) is 25.7 Å². The topological polar surface area (TPSA) is 6.48 Å². The van der Waals surface area contributed by atoms with Crippen LogP contribution in [0.4, 0.5) is 0 Å². The Kier molecular flexibility index (Phi) is 6.94. The molecule has 0 aliphatic carbocycles. The summed E-state index contributed by atoms with van der Waals surface area (Å²) in [5.74, 6) is 0. The lowest BCUT2D eigenvalue weighted by molar-refractivity contribution is 0.411. The minimum atomic E-state index is -0.819. The van der Waals surface area contributed by atoms with Gasteiger partial charge in [0, 0.05) is 0 Å². The van der Waals surface area contributed by atoms with Gasteiger partial charge in [0.2, 0.25) is 0 Å². The van der Waals surface area contributed by atoms with Crippen molar-refractivity contribution in [1.29, 1.82) is 0 Å². The van der Waals surface area contributed by atoms with Crippen LogP contribution in [-0.4, -0.2) is 46.0 Å². The Morgan fingerprint density at radius 1 is 1.00 bits per heavy atom. The van der Waals surface area contributed by atoms with Gasteiger partial charge in [0.1, 0.15) is 0 Å². The van der Waals surface area contributed by atoms with Gasteiger partial charge >= 0.3 is 0 Å². The summed E-state index contributed by atoms with van der Waals surface area (Å²) in [5, 5.41) is 0. The largest absolute Gasteiger partial charge is 0.336 e. The third-order valence-corrected chi connectivity index (χ3v) is 11.1. The molecule has 1 atom stereocenters. The minimum Gasteiger partial charge on any atom is -0.336 e. The molecule has 0 aliphatic heterocycles. The molecule has 0 bridgehead atoms. The SMILES string of the molecule is CCN(CC)[SiH](C)N(C(C)C)[SiH](C)C. The van der Waals surface area contributed by atoms with Gasteiger partial charge in [0.25, 0.3) is 0 Å². The number of hydrogen-bond acceptors (Lipinski definition) is 2. The van der Waals surface area contributed by atoms with E-state index in [1.165, 1.54) is 13.1 Å². The molecule has 4 heteroatoms. The highest BCUT2D eigenvalue weighted by Crippen LogP contribution is 2.09. The maximum Gasteiger partial charge on any atom is 0.180 e. The summed E-state index contributed by atoms with van der Waals surface area (Å²) in [7, 11) is -1.45. The van der Waals surface area contributed by atoms with Crippen molar-refractivity contribution in [3.63, 3.8) is 0 Å². The average molecular weight is 233 g/mol. The van der Waals surface area contributed by atoms with Crippen LogP contribution in [0.15, 0.2) is 0 Å². The van der Waals surface area contributed by atoms with Crippen LogP contribution in [0.5, 0.6) is 0 Å². The molecule has 0 saturated carbocycles. The van der Waals surface area contributed by atoms with Gasteiger partial charge in [-0.3, -0.25) is 0 Å². The standard InChI is InChI=1S/C10H28N2Si2/c1-8-11(9-2)14(7)12(10(3)4)13(5)6/h10,13-14H,8-9H2,1-7H3. The van der Waals surface area contributed by atoms with Crippen LogP contribution in [0.25, 0.3) is 0 Å². The van der Waals surface area contributed by atoms with E-state index in [4.69, 9.17) is 0 Å². The Hall–Kier alpha value is 0.354. The number of rotatable bonds is 6. The maximum atomic E-state index is 2.84. The highest BCUT2D eigenvalue weighted by atomic mass is 28.4. The van der Waals surface area contributed by atoms with Crippen molar-refractivity contribution >= 4 is 18.1 Å². The van der Waals surface area contributed by atoms with Crippen molar-refractivity contribution in [3.05, 3.63) is 0 Å². The fourth-order valence-electron chi connectivity index (χ4n) is 2.40. The van der Waals surface area contributed by atoms with E-state index < -0.39 is 18.1 Å². The van der Waals surface area contributed by atoms with E-state index in [-0.39, 0.29) is 0 Å². The van der Waals surface area contributed by atoms with Gasteiger partial charge in [0.15, 0.2) is 9.12 Å². The zero-order valence-corrected chi connectivity index (χ0v) is 13.4. The highest BCUT2D eigenvalue weighted by Gasteiger charge is 2.25. The van der Waals surface area contributed by atoms with Crippen molar-refractivity contribution in [2.24, 2.45) is 0 Å². The molecule has 1 unspecified atom stereocenters. The van der Waals surface area contributed by atoms with E-state index in [0.29, 0.717) is 0 Å². The lowest BCUT2D eigenvalue weighted by Crippen LogP contribution is -2.57. The second kappa shape index (κ2) is 6.77. The van der Waals surface area contributed by atoms with Gasteiger partial charge in [-0.1, -0.05) is 40.8 Å². The molecule has 0 fully saturated rings. The van der Waals surface area contributed by atoms with Crippen molar-refractivity contribution in [3.8, 4) is 0 Å². The smallest absolute Gasteiger partial charge is 0.180 e. The lowest BCUT2D eigenvalue weighted by atomic mass is 10.4. The summed E-state index contributed by atoms with van der Waals surface area (Å²) < 4.78 is 5.51.